The molecule has 1 aromatic carbocycles. The zero-order chi connectivity index (χ0) is 18.0. The normalized spacial score (nSPS) is 24.8. The third kappa shape index (κ3) is 2.48. The molecule has 124 valence electrons. The van der Waals surface area contributed by atoms with Crippen LogP contribution in [0.3, 0.4) is 0 Å². The maximum atomic E-state index is 13.4. The highest BCUT2D eigenvalue weighted by atomic mass is 19.1. The summed E-state index contributed by atoms with van der Waals surface area (Å²) in [7, 11) is 0. The molecule has 0 saturated carbocycles. The number of hydrogen-bond donors (Lipinski definition) is 1. The molecule has 4 nitrogen and oxygen atoms in total. The van der Waals surface area contributed by atoms with E-state index in [9.17, 15) is 20.2 Å². The summed E-state index contributed by atoms with van der Waals surface area (Å²) in [5.74, 6) is -1.06. The number of nitrogens with two attached hydrogens (primary N) is 1. The summed E-state index contributed by atoms with van der Waals surface area (Å²) in [4.78, 5) is 0. The molecular weight excluding hydrogens is 315 g/mol. The Morgan fingerprint density at radius 3 is 2.36 bits per heavy atom. The van der Waals surface area contributed by atoms with Crippen molar-refractivity contribution < 1.29 is 4.39 Å². The standard InChI is InChI=1S/C20H17FN4/c21-14-8-6-13(7-9-14)18-16-5-3-1-2-4-15(16)17(10-22)19(25)20(18,11-23)12-24/h4,6-9,16,18H,1-3,5,25H2/t16-,18-/m0/s1. The Labute approximate surface area is 146 Å². The quantitative estimate of drug-likeness (QED) is 0.845. The Balaban J connectivity index is 2.31. The molecule has 0 fully saturated rings. The van der Waals surface area contributed by atoms with Crippen LogP contribution in [0.2, 0.25) is 0 Å². The number of hydrogen-bond acceptors (Lipinski definition) is 4. The van der Waals surface area contributed by atoms with Crippen molar-refractivity contribution in [1.82, 2.24) is 0 Å². The Morgan fingerprint density at radius 2 is 1.76 bits per heavy atom. The largest absolute Gasteiger partial charge is 0.399 e. The second-order valence-electron chi connectivity index (χ2n) is 6.51. The molecule has 3 rings (SSSR count). The van der Waals surface area contributed by atoms with Crippen LogP contribution in [0.4, 0.5) is 4.39 Å². The first-order chi connectivity index (χ1) is 12.1. The molecular formula is C20H17FN4. The number of benzene rings is 1. The van der Waals surface area contributed by atoms with Crippen molar-refractivity contribution in [3.63, 3.8) is 0 Å². The van der Waals surface area contributed by atoms with Gasteiger partial charge in [0.05, 0.1) is 23.4 Å². The van der Waals surface area contributed by atoms with Gasteiger partial charge in [-0.15, -0.1) is 0 Å². The van der Waals surface area contributed by atoms with Crippen molar-refractivity contribution >= 4 is 0 Å². The lowest BCUT2D eigenvalue weighted by Gasteiger charge is -2.41. The Kier molecular flexibility index (Phi) is 4.30. The van der Waals surface area contributed by atoms with Gasteiger partial charge in [-0.25, -0.2) is 4.39 Å². The van der Waals surface area contributed by atoms with Crippen LogP contribution in [-0.4, -0.2) is 0 Å². The van der Waals surface area contributed by atoms with E-state index < -0.39 is 11.3 Å². The van der Waals surface area contributed by atoms with Crippen molar-refractivity contribution in [2.45, 2.75) is 31.6 Å². The molecule has 5 heteroatoms. The van der Waals surface area contributed by atoms with Gasteiger partial charge in [0.25, 0.3) is 0 Å². The molecule has 0 bridgehead atoms. The molecule has 2 aliphatic rings. The van der Waals surface area contributed by atoms with Crippen molar-refractivity contribution in [1.29, 1.82) is 15.8 Å². The van der Waals surface area contributed by atoms with Gasteiger partial charge in [0, 0.05) is 5.92 Å². The van der Waals surface area contributed by atoms with Crippen LogP contribution in [0.25, 0.3) is 0 Å². The van der Waals surface area contributed by atoms with Gasteiger partial charge in [-0.1, -0.05) is 24.6 Å². The molecule has 0 unspecified atom stereocenters. The summed E-state index contributed by atoms with van der Waals surface area (Å²) in [6, 6.07) is 12.1. The van der Waals surface area contributed by atoms with Crippen LogP contribution >= 0.6 is 0 Å². The first-order valence-corrected chi connectivity index (χ1v) is 8.27. The second kappa shape index (κ2) is 6.42. The van der Waals surface area contributed by atoms with Gasteiger partial charge < -0.3 is 5.73 Å². The highest BCUT2D eigenvalue weighted by Crippen LogP contribution is 2.55. The molecule has 2 atom stereocenters. The molecule has 0 spiro atoms. The maximum absolute atomic E-state index is 13.4. The van der Waals surface area contributed by atoms with E-state index in [1.807, 2.05) is 6.08 Å². The fraction of sp³-hybridized carbons (Fsp3) is 0.350. The summed E-state index contributed by atoms with van der Waals surface area (Å²) in [6.07, 6.45) is 5.54. The van der Waals surface area contributed by atoms with Gasteiger partial charge in [-0.05, 0) is 48.4 Å². The summed E-state index contributed by atoms with van der Waals surface area (Å²) >= 11 is 0. The molecule has 2 aliphatic carbocycles. The Bertz CT molecular complexity index is 860. The molecule has 0 aliphatic heterocycles. The zero-order valence-electron chi connectivity index (χ0n) is 13.7. The van der Waals surface area contributed by atoms with Crippen LogP contribution in [-0.2, 0) is 0 Å². The lowest BCUT2D eigenvalue weighted by atomic mass is 9.58. The minimum atomic E-state index is -1.63. The third-order valence-corrected chi connectivity index (χ3v) is 5.28. The van der Waals surface area contributed by atoms with Gasteiger partial charge in [0.2, 0.25) is 0 Å². The minimum absolute atomic E-state index is 0.0127. The zero-order valence-corrected chi connectivity index (χ0v) is 13.7. The molecule has 0 amide bonds. The van der Waals surface area contributed by atoms with Crippen molar-refractivity contribution in [3.8, 4) is 18.2 Å². The maximum Gasteiger partial charge on any atom is 0.191 e. The first kappa shape index (κ1) is 16.7. The smallest absolute Gasteiger partial charge is 0.191 e. The van der Waals surface area contributed by atoms with Gasteiger partial charge in [0.15, 0.2) is 5.41 Å². The van der Waals surface area contributed by atoms with Gasteiger partial charge in [-0.3, -0.25) is 0 Å². The van der Waals surface area contributed by atoms with Crippen LogP contribution in [0.5, 0.6) is 0 Å². The lowest BCUT2D eigenvalue weighted by Crippen LogP contribution is -2.42. The number of halogens is 1. The van der Waals surface area contributed by atoms with E-state index in [4.69, 9.17) is 5.73 Å². The van der Waals surface area contributed by atoms with E-state index in [2.05, 4.69) is 18.2 Å². The van der Waals surface area contributed by atoms with Gasteiger partial charge in [-0.2, -0.15) is 15.8 Å². The Hall–Kier alpha value is -3.10. The van der Waals surface area contributed by atoms with Crippen LogP contribution in [0.15, 0.2) is 47.2 Å². The predicted octanol–water partition coefficient (Wildman–Crippen LogP) is 3.81. The molecule has 0 saturated heterocycles. The van der Waals surface area contributed by atoms with E-state index in [1.54, 1.807) is 12.1 Å². The van der Waals surface area contributed by atoms with E-state index in [0.717, 1.165) is 31.3 Å². The number of allylic oxidation sites excluding steroid dienone is 4. The monoisotopic (exact) mass is 332 g/mol. The molecule has 0 aromatic heterocycles. The highest BCUT2D eigenvalue weighted by molar-refractivity contribution is 5.58. The molecule has 25 heavy (non-hydrogen) atoms. The van der Waals surface area contributed by atoms with E-state index >= 15 is 0 Å². The van der Waals surface area contributed by atoms with Gasteiger partial charge in [0.1, 0.15) is 11.9 Å². The second-order valence-corrected chi connectivity index (χ2v) is 6.51. The molecule has 0 heterocycles. The topological polar surface area (TPSA) is 97.4 Å². The molecule has 1 aromatic rings. The molecule has 2 N–H and O–H groups in total. The Morgan fingerprint density at radius 1 is 1.08 bits per heavy atom. The van der Waals surface area contributed by atoms with E-state index in [1.165, 1.54) is 12.1 Å². The average molecular weight is 332 g/mol. The third-order valence-electron chi connectivity index (χ3n) is 5.28. The first-order valence-electron chi connectivity index (χ1n) is 8.27. The lowest BCUT2D eigenvalue weighted by molar-refractivity contribution is 0.328. The fourth-order valence-corrected chi connectivity index (χ4v) is 4.09. The van der Waals surface area contributed by atoms with Crippen molar-refractivity contribution in [2.75, 3.05) is 0 Å². The van der Waals surface area contributed by atoms with Crippen LogP contribution < -0.4 is 5.73 Å². The minimum Gasteiger partial charge on any atom is -0.399 e. The van der Waals surface area contributed by atoms with E-state index in [-0.39, 0.29) is 23.0 Å². The predicted molar refractivity (Wildman–Crippen MR) is 89.7 cm³/mol. The average Bonchev–Trinajstić information content (AvgIpc) is 2.87. The highest BCUT2D eigenvalue weighted by Gasteiger charge is 2.53. The van der Waals surface area contributed by atoms with Gasteiger partial charge >= 0.3 is 0 Å². The number of fused-ring (bicyclic) bond motifs is 1. The number of nitrogens with zero attached hydrogens (tertiary/aromatic N) is 3. The van der Waals surface area contributed by atoms with Crippen molar-refractivity contribution in [2.24, 2.45) is 17.1 Å². The van der Waals surface area contributed by atoms with Crippen LogP contribution in [0.1, 0.15) is 37.2 Å². The summed E-state index contributed by atoms with van der Waals surface area (Å²) in [5.41, 5.74) is 6.37. The SMILES string of the molecule is N#CC1=C(N)C(C#N)(C#N)[C@@H](c2ccc(F)cc2)[C@H]2CCCCC=C12. The summed E-state index contributed by atoms with van der Waals surface area (Å²) in [5, 5.41) is 29.4. The number of nitriles is 3. The number of rotatable bonds is 1. The summed E-state index contributed by atoms with van der Waals surface area (Å²) in [6.45, 7) is 0. The fourth-order valence-electron chi connectivity index (χ4n) is 4.09. The van der Waals surface area contributed by atoms with Crippen LogP contribution in [0, 0.1) is 51.1 Å². The molecule has 0 radical (unpaired) electrons. The van der Waals surface area contributed by atoms with Crippen molar-refractivity contribution in [3.05, 3.63) is 58.6 Å². The summed E-state index contributed by atoms with van der Waals surface area (Å²) < 4.78 is 13.4. The van der Waals surface area contributed by atoms with E-state index in [0.29, 0.717) is 5.56 Å².